The van der Waals surface area contributed by atoms with Gasteiger partial charge in [-0.1, -0.05) is 12.1 Å². The average Bonchev–Trinajstić information content (AvgIpc) is 2.16. The van der Waals surface area contributed by atoms with Gasteiger partial charge in [0.2, 0.25) is 0 Å². The molecule has 84 valence electrons. The molecule has 0 radical (unpaired) electrons. The highest BCUT2D eigenvalue weighted by molar-refractivity contribution is 5.28. The van der Waals surface area contributed by atoms with Crippen molar-refractivity contribution in [2.75, 3.05) is 20.7 Å². The van der Waals surface area contributed by atoms with Gasteiger partial charge in [0, 0.05) is 13.1 Å². The first-order valence-electron chi connectivity index (χ1n) is 5.11. The zero-order valence-corrected chi connectivity index (χ0v) is 9.60. The Kier molecular flexibility index (Phi) is 4.59. The van der Waals surface area contributed by atoms with E-state index in [2.05, 4.69) is 11.0 Å². The van der Waals surface area contributed by atoms with Crippen LogP contribution in [-0.4, -0.2) is 36.8 Å². The lowest BCUT2D eigenvalue weighted by Gasteiger charge is -2.18. The van der Waals surface area contributed by atoms with Crippen LogP contribution in [0, 0.1) is 0 Å². The third kappa shape index (κ3) is 4.32. The van der Waals surface area contributed by atoms with Gasteiger partial charge in [-0.3, -0.25) is 4.90 Å². The number of likely N-dealkylation sites (N-methyl/N-ethyl adjacent to an activating group) is 1. The molecule has 0 unspecified atom stereocenters. The second-order valence-electron chi connectivity index (χ2n) is 3.90. The third-order valence-electron chi connectivity index (χ3n) is 2.16. The molecule has 1 aromatic rings. The molecule has 1 atom stereocenters. The van der Waals surface area contributed by atoms with E-state index in [4.69, 9.17) is 4.74 Å². The van der Waals surface area contributed by atoms with Gasteiger partial charge in [0.1, 0.15) is 5.75 Å². The molecule has 0 heterocycles. The number of benzene rings is 1. The monoisotopic (exact) mass is 209 g/mol. The molecule has 0 aromatic heterocycles. The molecule has 0 bridgehead atoms. The summed E-state index contributed by atoms with van der Waals surface area (Å²) in [4.78, 5) is 2.08. The highest BCUT2D eigenvalue weighted by atomic mass is 16.5. The topological polar surface area (TPSA) is 32.7 Å². The fourth-order valence-electron chi connectivity index (χ4n) is 1.60. The molecular weight excluding hydrogens is 190 g/mol. The van der Waals surface area contributed by atoms with Crippen molar-refractivity contribution in [2.45, 2.75) is 19.6 Å². The maximum Gasteiger partial charge on any atom is 0.119 e. The lowest BCUT2D eigenvalue weighted by atomic mass is 10.2. The molecular formula is C12H19NO2. The van der Waals surface area contributed by atoms with E-state index in [0.29, 0.717) is 6.54 Å². The molecule has 0 saturated heterocycles. The molecule has 0 saturated carbocycles. The van der Waals surface area contributed by atoms with Crippen LogP contribution in [0.2, 0.25) is 0 Å². The van der Waals surface area contributed by atoms with Crippen molar-refractivity contribution in [1.82, 2.24) is 4.90 Å². The maximum absolute atomic E-state index is 9.24. The number of aliphatic hydroxyl groups is 1. The minimum Gasteiger partial charge on any atom is -0.497 e. The average molecular weight is 209 g/mol. The summed E-state index contributed by atoms with van der Waals surface area (Å²) in [6, 6.07) is 7.97. The van der Waals surface area contributed by atoms with Gasteiger partial charge in [-0.15, -0.1) is 0 Å². The Labute approximate surface area is 91.3 Å². The van der Waals surface area contributed by atoms with Crippen molar-refractivity contribution in [3.8, 4) is 5.75 Å². The van der Waals surface area contributed by atoms with Gasteiger partial charge < -0.3 is 9.84 Å². The number of hydrogen-bond donors (Lipinski definition) is 1. The quantitative estimate of drug-likeness (QED) is 0.798. The molecule has 15 heavy (non-hydrogen) atoms. The van der Waals surface area contributed by atoms with Crippen LogP contribution in [0.25, 0.3) is 0 Å². The summed E-state index contributed by atoms with van der Waals surface area (Å²) in [7, 11) is 3.66. The summed E-state index contributed by atoms with van der Waals surface area (Å²) in [5, 5.41) is 9.24. The van der Waals surface area contributed by atoms with Crippen molar-refractivity contribution in [3.63, 3.8) is 0 Å². The van der Waals surface area contributed by atoms with Crippen LogP contribution in [-0.2, 0) is 6.54 Å². The van der Waals surface area contributed by atoms with Crippen LogP contribution in [0.3, 0.4) is 0 Å². The van der Waals surface area contributed by atoms with E-state index in [0.717, 1.165) is 12.3 Å². The number of hydrogen-bond acceptors (Lipinski definition) is 3. The fraction of sp³-hybridized carbons (Fsp3) is 0.500. The van der Waals surface area contributed by atoms with Gasteiger partial charge in [-0.2, -0.15) is 0 Å². The molecule has 1 N–H and O–H groups in total. The Balaban J connectivity index is 2.55. The summed E-state index contributed by atoms with van der Waals surface area (Å²) in [6.07, 6.45) is -0.291. The standard InChI is InChI=1S/C12H19NO2/c1-10(14)8-13(2)9-11-5-4-6-12(7-11)15-3/h4-7,10,14H,8-9H2,1-3H3/t10-/m0/s1. The van der Waals surface area contributed by atoms with Gasteiger partial charge in [0.15, 0.2) is 0 Å². The summed E-state index contributed by atoms with van der Waals surface area (Å²) in [5.41, 5.74) is 1.19. The Morgan fingerprint density at radius 3 is 2.80 bits per heavy atom. The highest BCUT2D eigenvalue weighted by Gasteiger charge is 2.04. The molecule has 0 spiro atoms. The summed E-state index contributed by atoms with van der Waals surface area (Å²) in [5.74, 6) is 0.873. The predicted molar refractivity (Wildman–Crippen MR) is 61.0 cm³/mol. The van der Waals surface area contributed by atoms with E-state index in [9.17, 15) is 5.11 Å². The smallest absolute Gasteiger partial charge is 0.119 e. The minimum atomic E-state index is -0.291. The number of nitrogens with zero attached hydrogens (tertiary/aromatic N) is 1. The van der Waals surface area contributed by atoms with Gasteiger partial charge in [-0.25, -0.2) is 0 Å². The van der Waals surface area contributed by atoms with Crippen LogP contribution >= 0.6 is 0 Å². The van der Waals surface area contributed by atoms with Crippen LogP contribution in [0.1, 0.15) is 12.5 Å². The Hall–Kier alpha value is -1.06. The summed E-state index contributed by atoms with van der Waals surface area (Å²) in [6.45, 7) is 3.29. The molecule has 0 aliphatic carbocycles. The predicted octanol–water partition coefficient (Wildman–Crippen LogP) is 1.51. The number of methoxy groups -OCH3 is 1. The molecule has 0 amide bonds. The molecule has 0 aliphatic rings. The first kappa shape index (κ1) is 12.0. The van der Waals surface area contributed by atoms with E-state index in [1.165, 1.54) is 5.56 Å². The Morgan fingerprint density at radius 1 is 1.47 bits per heavy atom. The number of rotatable bonds is 5. The van der Waals surface area contributed by atoms with Crippen LogP contribution in [0.4, 0.5) is 0 Å². The first-order valence-corrected chi connectivity index (χ1v) is 5.11. The fourth-order valence-corrected chi connectivity index (χ4v) is 1.60. The summed E-state index contributed by atoms with van der Waals surface area (Å²) >= 11 is 0. The van der Waals surface area contributed by atoms with Gasteiger partial charge in [-0.05, 0) is 31.7 Å². The molecule has 1 rings (SSSR count). The highest BCUT2D eigenvalue weighted by Crippen LogP contribution is 2.13. The first-order chi connectivity index (χ1) is 7.11. The van der Waals surface area contributed by atoms with Crippen molar-refractivity contribution in [1.29, 1.82) is 0 Å². The summed E-state index contributed by atoms with van der Waals surface area (Å²) < 4.78 is 5.15. The normalized spacial score (nSPS) is 12.9. The van der Waals surface area contributed by atoms with E-state index < -0.39 is 0 Å². The number of ether oxygens (including phenoxy) is 1. The van der Waals surface area contributed by atoms with Crippen molar-refractivity contribution >= 4 is 0 Å². The third-order valence-corrected chi connectivity index (χ3v) is 2.16. The molecule has 1 aromatic carbocycles. The zero-order valence-electron chi connectivity index (χ0n) is 9.60. The minimum absolute atomic E-state index is 0.291. The van der Waals surface area contributed by atoms with Gasteiger partial charge in [0.25, 0.3) is 0 Å². The zero-order chi connectivity index (χ0) is 11.3. The van der Waals surface area contributed by atoms with Crippen LogP contribution in [0.15, 0.2) is 24.3 Å². The lowest BCUT2D eigenvalue weighted by Crippen LogP contribution is -2.26. The van der Waals surface area contributed by atoms with Crippen LogP contribution < -0.4 is 4.74 Å². The lowest BCUT2D eigenvalue weighted by molar-refractivity contribution is 0.138. The van der Waals surface area contributed by atoms with Gasteiger partial charge >= 0.3 is 0 Å². The Morgan fingerprint density at radius 2 is 2.20 bits per heavy atom. The van der Waals surface area contributed by atoms with E-state index in [1.807, 2.05) is 25.2 Å². The molecule has 3 heteroatoms. The van der Waals surface area contributed by atoms with E-state index in [1.54, 1.807) is 14.0 Å². The molecule has 0 fully saturated rings. The second-order valence-corrected chi connectivity index (χ2v) is 3.90. The SMILES string of the molecule is COc1cccc(CN(C)C[C@H](C)O)c1. The van der Waals surface area contributed by atoms with Crippen molar-refractivity contribution in [3.05, 3.63) is 29.8 Å². The molecule has 0 aliphatic heterocycles. The van der Waals surface area contributed by atoms with Crippen LogP contribution in [0.5, 0.6) is 5.75 Å². The van der Waals surface area contributed by atoms with E-state index >= 15 is 0 Å². The molecule has 3 nitrogen and oxygen atoms in total. The van der Waals surface area contributed by atoms with Crippen molar-refractivity contribution in [2.24, 2.45) is 0 Å². The van der Waals surface area contributed by atoms with E-state index in [-0.39, 0.29) is 6.10 Å². The van der Waals surface area contributed by atoms with Gasteiger partial charge in [0.05, 0.1) is 13.2 Å². The van der Waals surface area contributed by atoms with Crippen molar-refractivity contribution < 1.29 is 9.84 Å². The number of aliphatic hydroxyl groups excluding tert-OH is 1. The second kappa shape index (κ2) is 5.73. The maximum atomic E-state index is 9.24. The largest absolute Gasteiger partial charge is 0.497 e. The Bertz CT molecular complexity index is 299.